The van der Waals surface area contributed by atoms with E-state index in [1.165, 1.54) is 0 Å². The summed E-state index contributed by atoms with van der Waals surface area (Å²) in [6.07, 6.45) is 9.49. The Balaban J connectivity index is 1.86. The number of hydrogen-bond donors (Lipinski definition) is 2. The third-order valence-electron chi connectivity index (χ3n) is 8.48. The van der Waals surface area contributed by atoms with Crippen molar-refractivity contribution in [1.82, 2.24) is 10.6 Å². The summed E-state index contributed by atoms with van der Waals surface area (Å²) in [6.45, 7) is 20.0. The van der Waals surface area contributed by atoms with Crippen molar-refractivity contribution in [3.63, 3.8) is 0 Å². The minimum atomic E-state index is -3.22. The van der Waals surface area contributed by atoms with E-state index >= 15 is 0 Å². The lowest BCUT2D eigenvalue weighted by atomic mass is 10.2. The average molecular weight is 657 g/mol. The Morgan fingerprint density at radius 3 is 1.15 bits per heavy atom. The van der Waals surface area contributed by atoms with E-state index < -0.39 is 42.4 Å². The zero-order chi connectivity index (χ0) is 30.7. The Labute approximate surface area is 253 Å². The lowest BCUT2D eigenvalue weighted by molar-refractivity contribution is 0.185. The molecule has 0 aromatic heterocycles. The summed E-state index contributed by atoms with van der Waals surface area (Å²) in [6, 6.07) is 2.10. The fourth-order valence-electron chi connectivity index (χ4n) is 6.78. The molecule has 0 aliphatic heterocycles. The van der Waals surface area contributed by atoms with Crippen molar-refractivity contribution in [2.45, 2.75) is 141 Å². The fraction of sp³-hybridized carbons (Fsp3) is 1.00. The van der Waals surface area contributed by atoms with Crippen LogP contribution in [0.4, 0.5) is 0 Å². The highest BCUT2D eigenvalue weighted by molar-refractivity contribution is 7.55. The predicted molar refractivity (Wildman–Crippen MR) is 175 cm³/mol. The van der Waals surface area contributed by atoms with Crippen LogP contribution in [0.15, 0.2) is 0 Å². The maximum atomic E-state index is 13.7. The first kappa shape index (κ1) is 37.8. The van der Waals surface area contributed by atoms with Crippen molar-refractivity contribution in [3.8, 4) is 0 Å². The van der Waals surface area contributed by atoms with Gasteiger partial charge in [-0.25, -0.2) is 0 Å². The standard InChI is InChI=1S/C28H62N2O7P2Si2/c1-9-33-38(31,34-10-2)27(19-13-14-20-27)29-23-17-25-40(5,6)37-41(7,8)26-18-24-30-28(21-15-16-22-28)39(32,35-11-3)36-12-4/h29-30H,9-26H2,1-8H3. The molecule has 2 rings (SSSR count). The molecule has 0 aromatic carbocycles. The molecule has 41 heavy (non-hydrogen) atoms. The van der Waals surface area contributed by atoms with Crippen molar-refractivity contribution in [1.29, 1.82) is 0 Å². The largest absolute Gasteiger partial charge is 0.455 e. The second-order valence-electron chi connectivity index (χ2n) is 12.8. The Hall–Kier alpha value is 0.614. The van der Waals surface area contributed by atoms with Crippen LogP contribution in [0.5, 0.6) is 0 Å². The molecule has 244 valence electrons. The molecule has 2 fully saturated rings. The fourth-order valence-corrected chi connectivity index (χ4v) is 20.5. The third kappa shape index (κ3) is 10.3. The van der Waals surface area contributed by atoms with Crippen LogP contribution in [-0.4, -0.2) is 66.7 Å². The predicted octanol–water partition coefficient (Wildman–Crippen LogP) is 8.45. The van der Waals surface area contributed by atoms with E-state index in [0.717, 1.165) is 89.4 Å². The molecule has 2 aliphatic rings. The van der Waals surface area contributed by atoms with Gasteiger partial charge in [0.1, 0.15) is 10.6 Å². The molecule has 2 saturated carbocycles. The van der Waals surface area contributed by atoms with Gasteiger partial charge in [0, 0.05) is 0 Å². The monoisotopic (exact) mass is 656 g/mol. The summed E-state index contributed by atoms with van der Waals surface area (Å²) in [4.78, 5) is 0. The van der Waals surface area contributed by atoms with Crippen LogP contribution in [-0.2, 0) is 31.3 Å². The molecule has 13 heteroatoms. The molecule has 0 aromatic rings. The molecule has 0 bridgehead atoms. The van der Waals surface area contributed by atoms with Crippen LogP contribution in [0, 0.1) is 0 Å². The summed E-state index contributed by atoms with van der Waals surface area (Å²) in [5, 5.41) is 6.20. The van der Waals surface area contributed by atoms with Gasteiger partial charge < -0.3 is 32.8 Å². The first-order chi connectivity index (χ1) is 19.3. The first-order valence-corrected chi connectivity index (χ1v) is 25.6. The SMILES string of the molecule is CCOP(=O)(OCC)C1(NCCC[Si](C)(C)O[Si](C)(C)CCCNC2(P(=O)(OCC)OCC)CCCC2)CCCC1. The Bertz CT molecular complexity index is 778. The minimum Gasteiger partial charge on any atom is -0.455 e. The third-order valence-corrected chi connectivity index (χ3v) is 21.7. The summed E-state index contributed by atoms with van der Waals surface area (Å²) >= 11 is 0. The van der Waals surface area contributed by atoms with Gasteiger partial charge in [0.05, 0.1) is 26.4 Å². The van der Waals surface area contributed by atoms with Crippen LogP contribution in [0.2, 0.25) is 38.3 Å². The molecule has 2 N–H and O–H groups in total. The molecule has 0 amide bonds. The van der Waals surface area contributed by atoms with Gasteiger partial charge in [0.15, 0.2) is 16.6 Å². The second kappa shape index (κ2) is 16.8. The van der Waals surface area contributed by atoms with Crippen molar-refractivity contribution in [3.05, 3.63) is 0 Å². The van der Waals surface area contributed by atoms with Gasteiger partial charge in [-0.3, -0.25) is 9.13 Å². The van der Waals surface area contributed by atoms with Crippen molar-refractivity contribution in [2.24, 2.45) is 0 Å². The van der Waals surface area contributed by atoms with Crippen LogP contribution < -0.4 is 10.6 Å². The molecule has 0 unspecified atom stereocenters. The molecule has 2 aliphatic carbocycles. The van der Waals surface area contributed by atoms with E-state index in [9.17, 15) is 9.13 Å². The van der Waals surface area contributed by atoms with Gasteiger partial charge in [-0.15, -0.1) is 0 Å². The highest BCUT2D eigenvalue weighted by atomic mass is 31.2. The Morgan fingerprint density at radius 2 is 0.878 bits per heavy atom. The van der Waals surface area contributed by atoms with Gasteiger partial charge in [-0.2, -0.15) is 0 Å². The number of rotatable bonds is 22. The van der Waals surface area contributed by atoms with Crippen molar-refractivity contribution < 1.29 is 31.3 Å². The molecule has 0 radical (unpaired) electrons. The maximum Gasteiger partial charge on any atom is 0.350 e. The second-order valence-corrected chi connectivity index (χ2v) is 26.4. The van der Waals surface area contributed by atoms with E-state index in [2.05, 4.69) is 36.8 Å². The smallest absolute Gasteiger partial charge is 0.350 e. The molecular weight excluding hydrogens is 594 g/mol. The molecule has 9 nitrogen and oxygen atoms in total. The molecule has 0 atom stereocenters. The average Bonchev–Trinajstić information content (AvgIpc) is 3.57. The van der Waals surface area contributed by atoms with E-state index in [0.29, 0.717) is 26.4 Å². The summed E-state index contributed by atoms with van der Waals surface area (Å²) in [5.41, 5.74) is 0. The van der Waals surface area contributed by atoms with Crippen molar-refractivity contribution >= 4 is 31.8 Å². The van der Waals surface area contributed by atoms with E-state index in [1.807, 2.05) is 27.7 Å². The summed E-state index contributed by atoms with van der Waals surface area (Å²) in [7, 11) is -10.2. The number of hydrogen-bond acceptors (Lipinski definition) is 9. The maximum absolute atomic E-state index is 13.7. The normalized spacial score (nSPS) is 19.7. The van der Waals surface area contributed by atoms with E-state index in [4.69, 9.17) is 22.2 Å². The topological polar surface area (TPSA) is 104 Å². The van der Waals surface area contributed by atoms with Crippen LogP contribution >= 0.6 is 15.2 Å². The van der Waals surface area contributed by atoms with Gasteiger partial charge in [0.25, 0.3) is 0 Å². The van der Waals surface area contributed by atoms with Gasteiger partial charge in [-0.05, 0) is 118 Å². The Kier molecular flexibility index (Phi) is 15.5. The van der Waals surface area contributed by atoms with E-state index in [1.54, 1.807) is 0 Å². The summed E-state index contributed by atoms with van der Waals surface area (Å²) < 4.78 is 57.4. The zero-order valence-electron chi connectivity index (χ0n) is 27.5. The molecular formula is C28H62N2O7P2Si2. The highest BCUT2D eigenvalue weighted by Crippen LogP contribution is 2.65. The van der Waals surface area contributed by atoms with Crippen molar-refractivity contribution in [2.75, 3.05) is 39.5 Å². The Morgan fingerprint density at radius 1 is 0.585 bits per heavy atom. The lowest BCUT2D eigenvalue weighted by Gasteiger charge is -2.38. The molecule has 0 heterocycles. The van der Waals surface area contributed by atoms with Gasteiger partial charge in [0.2, 0.25) is 0 Å². The minimum absolute atomic E-state index is 0.392. The van der Waals surface area contributed by atoms with Crippen LogP contribution in [0.1, 0.15) is 91.9 Å². The molecule has 0 saturated heterocycles. The summed E-state index contributed by atoms with van der Waals surface area (Å²) in [5.74, 6) is 0. The van der Waals surface area contributed by atoms with Gasteiger partial charge in [-0.1, -0.05) is 25.7 Å². The first-order valence-electron chi connectivity index (χ1n) is 16.3. The van der Waals surface area contributed by atoms with E-state index in [-0.39, 0.29) is 0 Å². The zero-order valence-corrected chi connectivity index (χ0v) is 31.3. The van der Waals surface area contributed by atoms with Gasteiger partial charge >= 0.3 is 15.2 Å². The van der Waals surface area contributed by atoms with Crippen LogP contribution in [0.25, 0.3) is 0 Å². The van der Waals surface area contributed by atoms with Crippen LogP contribution in [0.3, 0.4) is 0 Å². The number of nitrogens with one attached hydrogen (secondary N) is 2. The molecule has 0 spiro atoms. The highest BCUT2D eigenvalue weighted by Gasteiger charge is 2.53. The quantitative estimate of drug-likeness (QED) is 0.0675. The lowest BCUT2D eigenvalue weighted by Crippen LogP contribution is -2.47.